The first-order valence-corrected chi connectivity index (χ1v) is 4.99. The van der Waals surface area contributed by atoms with Gasteiger partial charge < -0.3 is 0 Å². The summed E-state index contributed by atoms with van der Waals surface area (Å²) in [5.74, 6) is 1.25. The predicted octanol–water partition coefficient (Wildman–Crippen LogP) is 1.41. The number of hydrazone groups is 1. The van der Waals surface area contributed by atoms with Gasteiger partial charge in [0.05, 0.1) is 0 Å². The number of hydrogen-bond donors (Lipinski definition) is 0. The molecule has 1 saturated carbocycles. The van der Waals surface area contributed by atoms with Crippen molar-refractivity contribution in [3.05, 3.63) is 0 Å². The van der Waals surface area contributed by atoms with Crippen molar-refractivity contribution in [1.29, 1.82) is 0 Å². The van der Waals surface area contributed by atoms with Crippen molar-refractivity contribution in [2.75, 3.05) is 6.54 Å². The summed E-state index contributed by atoms with van der Waals surface area (Å²) >= 11 is 0. The van der Waals surface area contributed by atoms with Crippen molar-refractivity contribution in [2.45, 2.75) is 32.6 Å². The normalized spacial score (nSPS) is 26.1. The molecule has 0 bridgehead atoms. The molecule has 0 heterocycles. The Morgan fingerprint density at radius 3 is 2.43 bits per heavy atom. The van der Waals surface area contributed by atoms with Gasteiger partial charge in [-0.15, -0.1) is 0 Å². The van der Waals surface area contributed by atoms with E-state index in [9.17, 15) is 9.59 Å². The molecule has 0 saturated heterocycles. The number of nitrogens with zero attached hydrogens (tertiary/aromatic N) is 2. The molecule has 76 valence electrons. The van der Waals surface area contributed by atoms with Crippen LogP contribution < -0.4 is 0 Å². The summed E-state index contributed by atoms with van der Waals surface area (Å²) in [4.78, 5) is 20.3. The van der Waals surface area contributed by atoms with E-state index in [-0.39, 0.29) is 0 Å². The van der Waals surface area contributed by atoms with Gasteiger partial charge in [-0.1, -0.05) is 19.8 Å². The fraction of sp³-hybridized carbons (Fsp3) is 0.800. The van der Waals surface area contributed by atoms with Crippen molar-refractivity contribution in [3.8, 4) is 0 Å². The van der Waals surface area contributed by atoms with Crippen LogP contribution in [0.15, 0.2) is 5.10 Å². The van der Waals surface area contributed by atoms with Crippen LogP contribution in [0.5, 0.6) is 0 Å². The van der Waals surface area contributed by atoms with Crippen molar-refractivity contribution < 1.29 is 14.3 Å². The van der Waals surface area contributed by atoms with Crippen LogP contribution in [-0.2, 0) is 9.59 Å². The average molecular weight is 195 g/mol. The summed E-state index contributed by atoms with van der Waals surface area (Å²) in [5, 5.41) is 3.26. The first-order valence-electron chi connectivity index (χ1n) is 4.99. The largest absolute Gasteiger partial charge is 0.458 e. The van der Waals surface area contributed by atoms with E-state index >= 15 is 0 Å². The highest BCUT2D eigenvalue weighted by atomic mass is 16.1. The van der Waals surface area contributed by atoms with Crippen LogP contribution in [0.4, 0.5) is 0 Å². The molecule has 0 aromatic heterocycles. The topological polar surface area (TPSA) is 49.5 Å². The molecule has 4 nitrogen and oxygen atoms in total. The molecule has 0 spiro atoms. The first kappa shape index (κ1) is 10.8. The lowest BCUT2D eigenvalue weighted by molar-refractivity contribution is -0.537. The fourth-order valence-electron chi connectivity index (χ4n) is 1.90. The summed E-state index contributed by atoms with van der Waals surface area (Å²) in [7, 11) is 0. The van der Waals surface area contributed by atoms with Crippen LogP contribution >= 0.6 is 0 Å². The van der Waals surface area contributed by atoms with Gasteiger partial charge in [0.2, 0.25) is 0 Å². The SMILES string of the molecule is CC1CCC(C[N+](=C=O)N=C=O)CC1. The van der Waals surface area contributed by atoms with Crippen molar-refractivity contribution in [1.82, 2.24) is 0 Å². The molecule has 14 heavy (non-hydrogen) atoms. The summed E-state index contributed by atoms with van der Waals surface area (Å²) in [6.07, 6.45) is 7.57. The summed E-state index contributed by atoms with van der Waals surface area (Å²) in [6.45, 7) is 2.74. The molecular weight excluding hydrogens is 180 g/mol. The molecule has 0 amide bonds. The van der Waals surface area contributed by atoms with E-state index in [1.807, 2.05) is 0 Å². The van der Waals surface area contributed by atoms with E-state index in [1.165, 1.54) is 18.9 Å². The fourth-order valence-corrected chi connectivity index (χ4v) is 1.90. The van der Waals surface area contributed by atoms with Crippen LogP contribution in [0.1, 0.15) is 32.6 Å². The number of carbonyl (C=O) groups excluding carboxylic acids is 2. The standard InChI is InChI=1S/C10H15N2O2/c1-9-2-4-10(5-3-9)6-12(8-14)11-7-13/h9-10H,2-6H2,1H3/q+1. The van der Waals surface area contributed by atoms with Crippen molar-refractivity contribution in [3.63, 3.8) is 0 Å². The molecule has 0 unspecified atom stereocenters. The van der Waals surface area contributed by atoms with Gasteiger partial charge in [0.1, 0.15) is 5.10 Å². The smallest absolute Gasteiger partial charge is 0.205 e. The minimum absolute atomic E-state index is 0.463. The number of isocyanates is 2. The van der Waals surface area contributed by atoms with Gasteiger partial charge in [-0.05, 0) is 18.8 Å². The van der Waals surface area contributed by atoms with Gasteiger partial charge in [0.15, 0.2) is 6.54 Å². The lowest BCUT2D eigenvalue weighted by atomic mass is 9.83. The molecule has 0 aromatic carbocycles. The van der Waals surface area contributed by atoms with Gasteiger partial charge in [-0.3, -0.25) is 0 Å². The lowest BCUT2D eigenvalue weighted by Crippen LogP contribution is -2.21. The molecule has 1 aliphatic carbocycles. The zero-order valence-electron chi connectivity index (χ0n) is 8.40. The van der Waals surface area contributed by atoms with E-state index in [0.29, 0.717) is 12.5 Å². The van der Waals surface area contributed by atoms with Crippen LogP contribution in [0.3, 0.4) is 0 Å². The summed E-state index contributed by atoms with van der Waals surface area (Å²) in [6, 6.07) is 0. The monoisotopic (exact) mass is 195 g/mol. The Kier molecular flexibility index (Phi) is 4.24. The molecule has 0 N–H and O–H groups in total. The zero-order valence-corrected chi connectivity index (χ0v) is 8.40. The maximum Gasteiger partial charge on any atom is 0.458 e. The molecule has 1 aliphatic rings. The third kappa shape index (κ3) is 3.25. The maximum absolute atomic E-state index is 10.4. The second-order valence-electron chi connectivity index (χ2n) is 3.99. The molecule has 0 aliphatic heterocycles. The van der Waals surface area contributed by atoms with E-state index < -0.39 is 0 Å². The van der Waals surface area contributed by atoms with Gasteiger partial charge in [-0.25, -0.2) is 4.79 Å². The third-order valence-electron chi connectivity index (χ3n) is 2.83. The van der Waals surface area contributed by atoms with Gasteiger partial charge >= 0.3 is 12.2 Å². The Morgan fingerprint density at radius 2 is 1.93 bits per heavy atom. The zero-order chi connectivity index (χ0) is 10.4. The maximum atomic E-state index is 10.4. The molecule has 0 atom stereocenters. The highest BCUT2D eigenvalue weighted by molar-refractivity contribution is 5.32. The quantitative estimate of drug-likeness (QED) is 0.296. The Bertz CT molecular complexity index is 280. The van der Waals surface area contributed by atoms with Crippen molar-refractivity contribution >= 4 is 12.2 Å². The lowest BCUT2D eigenvalue weighted by Gasteiger charge is -2.22. The Balaban J connectivity index is 2.44. The third-order valence-corrected chi connectivity index (χ3v) is 2.83. The highest BCUT2D eigenvalue weighted by Gasteiger charge is 2.23. The molecule has 0 radical (unpaired) electrons. The first-order chi connectivity index (χ1) is 6.76. The number of hydrogen-bond acceptors (Lipinski definition) is 3. The second-order valence-corrected chi connectivity index (χ2v) is 3.99. The molecule has 0 aromatic rings. The van der Waals surface area contributed by atoms with Crippen LogP contribution in [-0.4, -0.2) is 23.4 Å². The molecule has 4 heteroatoms. The van der Waals surface area contributed by atoms with Gasteiger partial charge in [-0.2, -0.15) is 4.79 Å². The molecule has 1 fully saturated rings. The predicted molar refractivity (Wildman–Crippen MR) is 50.1 cm³/mol. The van der Waals surface area contributed by atoms with E-state index in [0.717, 1.165) is 23.4 Å². The molecule has 1 rings (SSSR count). The van der Waals surface area contributed by atoms with Crippen molar-refractivity contribution in [2.24, 2.45) is 16.9 Å². The van der Waals surface area contributed by atoms with Gasteiger partial charge in [0.25, 0.3) is 0 Å². The van der Waals surface area contributed by atoms with E-state index in [1.54, 1.807) is 6.08 Å². The number of rotatable bonds is 3. The van der Waals surface area contributed by atoms with Crippen LogP contribution in [0.2, 0.25) is 0 Å². The second kappa shape index (κ2) is 5.48. The van der Waals surface area contributed by atoms with E-state index in [4.69, 9.17) is 0 Å². The van der Waals surface area contributed by atoms with E-state index in [2.05, 4.69) is 12.0 Å². The van der Waals surface area contributed by atoms with Crippen LogP contribution in [0, 0.1) is 11.8 Å². The Hall–Kier alpha value is -1.24. The summed E-state index contributed by atoms with van der Waals surface area (Å²) < 4.78 is 1.02. The highest BCUT2D eigenvalue weighted by Crippen LogP contribution is 2.28. The minimum atomic E-state index is 0.463. The van der Waals surface area contributed by atoms with Gasteiger partial charge in [0, 0.05) is 10.6 Å². The molecular formula is C10H15N2O2+. The Morgan fingerprint density at radius 1 is 1.29 bits per heavy atom. The van der Waals surface area contributed by atoms with Crippen LogP contribution in [0.25, 0.3) is 0 Å². The average Bonchev–Trinajstić information content (AvgIpc) is 2.20. The minimum Gasteiger partial charge on any atom is -0.205 e. The summed E-state index contributed by atoms with van der Waals surface area (Å²) in [5.41, 5.74) is 0. The Labute approximate surface area is 83.3 Å².